The first-order valence-corrected chi connectivity index (χ1v) is 9.44. The maximum Gasteiger partial charge on any atom is 0.271 e. The molecule has 1 amide bonds. The summed E-state index contributed by atoms with van der Waals surface area (Å²) in [5.41, 5.74) is 4.43. The van der Waals surface area contributed by atoms with Gasteiger partial charge in [-0.25, -0.2) is 9.82 Å². The van der Waals surface area contributed by atoms with Gasteiger partial charge in [-0.15, -0.1) is 0 Å². The zero-order chi connectivity index (χ0) is 19.9. The van der Waals surface area contributed by atoms with E-state index in [0.717, 1.165) is 10.0 Å². The van der Waals surface area contributed by atoms with Gasteiger partial charge in [0.05, 0.1) is 6.21 Å². The second-order valence-electron chi connectivity index (χ2n) is 5.80. The zero-order valence-corrected chi connectivity index (χ0v) is 16.9. The van der Waals surface area contributed by atoms with Crippen LogP contribution in [0.1, 0.15) is 21.5 Å². The molecule has 0 heterocycles. The minimum atomic E-state index is -0.350. The number of halogens is 3. The number of nitrogens with zero attached hydrogens (tertiary/aromatic N) is 1. The van der Waals surface area contributed by atoms with Crippen molar-refractivity contribution in [3.63, 3.8) is 0 Å². The van der Waals surface area contributed by atoms with Crippen LogP contribution in [0.2, 0.25) is 5.02 Å². The predicted molar refractivity (Wildman–Crippen MR) is 111 cm³/mol. The lowest BCUT2D eigenvalue weighted by molar-refractivity contribution is 0.0955. The lowest BCUT2D eigenvalue weighted by atomic mass is 10.2. The van der Waals surface area contributed by atoms with E-state index in [2.05, 4.69) is 26.5 Å². The van der Waals surface area contributed by atoms with Gasteiger partial charge in [-0.05, 0) is 60.2 Å². The van der Waals surface area contributed by atoms with Gasteiger partial charge in [0.2, 0.25) is 0 Å². The molecule has 0 atom stereocenters. The third-order valence-corrected chi connectivity index (χ3v) is 4.50. The van der Waals surface area contributed by atoms with E-state index < -0.39 is 0 Å². The number of amides is 1. The van der Waals surface area contributed by atoms with Crippen LogP contribution in [0.3, 0.4) is 0 Å². The molecule has 0 spiro atoms. The van der Waals surface area contributed by atoms with Gasteiger partial charge >= 0.3 is 0 Å². The van der Waals surface area contributed by atoms with Gasteiger partial charge in [0.15, 0.2) is 0 Å². The number of hydrogen-bond donors (Lipinski definition) is 1. The summed E-state index contributed by atoms with van der Waals surface area (Å²) in [6.07, 6.45) is 1.50. The summed E-state index contributed by atoms with van der Waals surface area (Å²) in [5.74, 6) is -0.0645. The fourth-order valence-corrected chi connectivity index (χ4v) is 2.82. The quantitative estimate of drug-likeness (QED) is 0.385. The molecule has 28 heavy (non-hydrogen) atoms. The van der Waals surface area contributed by atoms with Gasteiger partial charge in [0, 0.05) is 20.6 Å². The van der Waals surface area contributed by atoms with Crippen molar-refractivity contribution in [3.05, 3.63) is 98.7 Å². The predicted octanol–water partition coefficient (Wildman–Crippen LogP) is 5.58. The lowest BCUT2D eigenvalue weighted by Crippen LogP contribution is -2.17. The van der Waals surface area contributed by atoms with Crippen molar-refractivity contribution < 1.29 is 13.9 Å². The molecule has 1 N–H and O–H groups in total. The first kappa shape index (κ1) is 20.0. The van der Waals surface area contributed by atoms with Gasteiger partial charge in [-0.3, -0.25) is 4.79 Å². The summed E-state index contributed by atoms with van der Waals surface area (Å²) in [5, 5.41) is 4.55. The largest absolute Gasteiger partial charge is 0.488 e. The molecule has 0 saturated heterocycles. The zero-order valence-electron chi connectivity index (χ0n) is 14.5. The Morgan fingerprint density at radius 1 is 1.11 bits per heavy atom. The molecule has 0 aliphatic carbocycles. The monoisotopic (exact) mass is 460 g/mol. The SMILES string of the molecule is O=C(N/N=C\c1cc(Br)ccc1OCc1ccc(F)cc1)c1ccc(Cl)cc1. The average molecular weight is 462 g/mol. The average Bonchev–Trinajstić information content (AvgIpc) is 2.69. The van der Waals surface area contributed by atoms with Gasteiger partial charge in [-0.2, -0.15) is 5.10 Å². The molecule has 7 heteroatoms. The Balaban J connectivity index is 1.67. The van der Waals surface area contributed by atoms with Gasteiger partial charge in [0.25, 0.3) is 5.91 Å². The highest BCUT2D eigenvalue weighted by Gasteiger charge is 2.06. The molecule has 142 valence electrons. The smallest absolute Gasteiger partial charge is 0.271 e. The van der Waals surface area contributed by atoms with Crippen LogP contribution in [0.25, 0.3) is 0 Å². The first-order chi connectivity index (χ1) is 13.5. The summed E-state index contributed by atoms with van der Waals surface area (Å²) in [6, 6.07) is 18.0. The Morgan fingerprint density at radius 3 is 2.54 bits per heavy atom. The molecule has 0 bridgehead atoms. The van der Waals surface area contributed by atoms with E-state index in [9.17, 15) is 9.18 Å². The summed E-state index contributed by atoms with van der Waals surface area (Å²) in [4.78, 5) is 12.1. The Bertz CT molecular complexity index is 992. The molecule has 0 radical (unpaired) electrons. The van der Waals surface area contributed by atoms with Crippen molar-refractivity contribution in [2.45, 2.75) is 6.61 Å². The highest BCUT2D eigenvalue weighted by Crippen LogP contribution is 2.23. The van der Waals surface area contributed by atoms with Crippen molar-refractivity contribution >= 4 is 39.7 Å². The van der Waals surface area contributed by atoms with Crippen LogP contribution in [-0.4, -0.2) is 12.1 Å². The Labute approximate surface area is 175 Å². The maximum atomic E-state index is 13.0. The van der Waals surface area contributed by atoms with E-state index in [1.54, 1.807) is 42.5 Å². The minimum Gasteiger partial charge on any atom is -0.488 e. The second kappa shape index (κ2) is 9.48. The molecular formula is C21H15BrClFN2O2. The van der Waals surface area contributed by atoms with E-state index in [-0.39, 0.29) is 18.3 Å². The Kier molecular flexibility index (Phi) is 6.79. The number of hydrazone groups is 1. The van der Waals surface area contributed by atoms with Crippen LogP contribution in [-0.2, 0) is 6.61 Å². The van der Waals surface area contributed by atoms with Crippen LogP contribution < -0.4 is 10.2 Å². The van der Waals surface area contributed by atoms with Crippen LogP contribution in [0, 0.1) is 5.82 Å². The van der Waals surface area contributed by atoms with E-state index in [1.165, 1.54) is 18.3 Å². The van der Waals surface area contributed by atoms with Crippen LogP contribution in [0.4, 0.5) is 4.39 Å². The first-order valence-electron chi connectivity index (χ1n) is 8.27. The van der Waals surface area contributed by atoms with Crippen molar-refractivity contribution in [2.24, 2.45) is 5.10 Å². The fraction of sp³-hybridized carbons (Fsp3) is 0.0476. The van der Waals surface area contributed by atoms with Crippen LogP contribution in [0.5, 0.6) is 5.75 Å². The lowest BCUT2D eigenvalue weighted by Gasteiger charge is -2.10. The highest BCUT2D eigenvalue weighted by atomic mass is 79.9. The summed E-state index contributed by atoms with van der Waals surface area (Å²) < 4.78 is 19.7. The molecule has 4 nitrogen and oxygen atoms in total. The van der Waals surface area contributed by atoms with E-state index in [4.69, 9.17) is 16.3 Å². The number of hydrogen-bond acceptors (Lipinski definition) is 3. The minimum absolute atomic E-state index is 0.278. The van der Waals surface area contributed by atoms with Crippen molar-refractivity contribution in [3.8, 4) is 5.75 Å². The normalized spacial score (nSPS) is 10.8. The molecule has 0 aliphatic rings. The molecule has 0 aliphatic heterocycles. The van der Waals surface area contributed by atoms with Gasteiger partial charge in [-0.1, -0.05) is 39.7 Å². The number of rotatable bonds is 6. The molecular weight excluding hydrogens is 447 g/mol. The van der Waals surface area contributed by atoms with Crippen LogP contribution in [0.15, 0.2) is 76.3 Å². The van der Waals surface area contributed by atoms with Crippen molar-refractivity contribution in [1.82, 2.24) is 5.43 Å². The summed E-state index contributed by atoms with van der Waals surface area (Å²) in [6.45, 7) is 0.278. The summed E-state index contributed by atoms with van der Waals surface area (Å²) in [7, 11) is 0. The van der Waals surface area contributed by atoms with E-state index >= 15 is 0 Å². The van der Waals surface area contributed by atoms with E-state index in [1.807, 2.05) is 12.1 Å². The van der Waals surface area contributed by atoms with E-state index in [0.29, 0.717) is 21.9 Å². The number of carbonyl (C=O) groups is 1. The molecule has 3 aromatic carbocycles. The molecule has 0 fully saturated rings. The molecule has 0 unspecified atom stereocenters. The van der Waals surface area contributed by atoms with Crippen molar-refractivity contribution in [2.75, 3.05) is 0 Å². The van der Waals surface area contributed by atoms with Gasteiger partial charge < -0.3 is 4.74 Å². The fourth-order valence-electron chi connectivity index (χ4n) is 2.32. The number of carbonyl (C=O) groups excluding carboxylic acids is 1. The van der Waals surface area contributed by atoms with Gasteiger partial charge in [0.1, 0.15) is 18.2 Å². The summed E-state index contributed by atoms with van der Waals surface area (Å²) >= 11 is 9.22. The Hall–Kier alpha value is -2.70. The van der Waals surface area contributed by atoms with Crippen LogP contribution >= 0.6 is 27.5 Å². The maximum absolute atomic E-state index is 13.0. The number of nitrogens with one attached hydrogen (secondary N) is 1. The molecule has 3 rings (SSSR count). The number of ether oxygens (including phenoxy) is 1. The Morgan fingerprint density at radius 2 is 1.82 bits per heavy atom. The topological polar surface area (TPSA) is 50.7 Å². The standard InChI is InChI=1S/C21H15BrClFN2O2/c22-17-5-10-20(28-13-14-1-8-19(24)9-2-14)16(11-17)12-25-26-21(27)15-3-6-18(23)7-4-15/h1-12H,13H2,(H,26,27)/b25-12-. The second-order valence-corrected chi connectivity index (χ2v) is 7.16. The number of benzene rings is 3. The molecule has 0 saturated carbocycles. The third-order valence-electron chi connectivity index (χ3n) is 3.76. The molecule has 0 aromatic heterocycles. The molecule has 3 aromatic rings. The highest BCUT2D eigenvalue weighted by molar-refractivity contribution is 9.10. The third kappa shape index (κ3) is 5.65. The van der Waals surface area contributed by atoms with Crippen molar-refractivity contribution in [1.29, 1.82) is 0 Å².